The molecule has 0 fully saturated rings. The lowest BCUT2D eigenvalue weighted by molar-refractivity contribution is -0.131. The van der Waals surface area contributed by atoms with Gasteiger partial charge in [-0.3, -0.25) is 9.59 Å². The molecule has 0 radical (unpaired) electrons. The Kier molecular flexibility index (Phi) is 4.72. The van der Waals surface area contributed by atoms with E-state index in [1.807, 2.05) is 22.6 Å². The minimum absolute atomic E-state index is 0.149. The summed E-state index contributed by atoms with van der Waals surface area (Å²) >= 11 is 1.88. The summed E-state index contributed by atoms with van der Waals surface area (Å²) in [6, 6.07) is 4.22. The van der Waals surface area contributed by atoms with E-state index < -0.39 is 5.97 Å². The van der Waals surface area contributed by atoms with Gasteiger partial charge in [0.2, 0.25) is 0 Å². The number of hydrogen-bond acceptors (Lipinski definition) is 4. The van der Waals surface area contributed by atoms with Crippen molar-refractivity contribution in [3.63, 3.8) is 0 Å². The first-order valence-electron chi connectivity index (χ1n) is 4.71. The summed E-state index contributed by atoms with van der Waals surface area (Å²) in [5.74, 6) is -0.462. The van der Waals surface area contributed by atoms with Crippen molar-refractivity contribution >= 4 is 34.3 Å². The highest BCUT2D eigenvalue weighted by atomic mass is 127. The topological polar surface area (TPSA) is 63.6 Å². The first kappa shape index (κ1) is 13.0. The van der Waals surface area contributed by atoms with Gasteiger partial charge in [-0.25, -0.2) is 0 Å². The predicted octanol–water partition coefficient (Wildman–Crippen LogP) is 2.33. The lowest BCUT2D eigenvalue weighted by atomic mass is 10.1. The fraction of sp³-hybridized carbons (Fsp3) is 0.273. The van der Waals surface area contributed by atoms with Gasteiger partial charge < -0.3 is 9.84 Å². The fourth-order valence-corrected chi connectivity index (χ4v) is 1.32. The van der Waals surface area contributed by atoms with Crippen LogP contribution in [0.15, 0.2) is 18.2 Å². The summed E-state index contributed by atoms with van der Waals surface area (Å²) < 4.78 is 5.13. The number of carbonyl (C=O) groups is 2. The van der Waals surface area contributed by atoms with Crippen molar-refractivity contribution in [2.45, 2.75) is 13.3 Å². The lowest BCUT2D eigenvalue weighted by Gasteiger charge is -2.05. The highest BCUT2D eigenvalue weighted by Gasteiger charge is 2.11. The molecule has 1 aromatic carbocycles. The molecule has 0 amide bonds. The third-order valence-electron chi connectivity index (χ3n) is 1.93. The Labute approximate surface area is 107 Å². The molecule has 0 aromatic heterocycles. The minimum atomic E-state index is -0.394. The molecule has 1 N–H and O–H groups in total. The van der Waals surface area contributed by atoms with Gasteiger partial charge in [0, 0.05) is 12.5 Å². The van der Waals surface area contributed by atoms with Crippen LogP contribution in [0.1, 0.15) is 23.7 Å². The number of Topliss-reactive ketones (excluding diaryl/α,β-unsaturated/α-hetero) is 1. The molecule has 0 aliphatic heterocycles. The summed E-state index contributed by atoms with van der Waals surface area (Å²) in [4.78, 5) is 22.3. The van der Waals surface area contributed by atoms with Crippen LogP contribution in [-0.2, 0) is 4.79 Å². The van der Waals surface area contributed by atoms with Crippen LogP contribution >= 0.6 is 22.6 Å². The minimum Gasteiger partial charge on any atom is -0.507 e. The zero-order chi connectivity index (χ0) is 12.1. The molecule has 0 heterocycles. The van der Waals surface area contributed by atoms with E-state index in [1.54, 1.807) is 6.92 Å². The molecule has 4 nitrogen and oxygen atoms in total. The number of esters is 1. The summed E-state index contributed by atoms with van der Waals surface area (Å²) in [5, 5.41) is 9.56. The van der Waals surface area contributed by atoms with Gasteiger partial charge in [-0.1, -0.05) is 29.5 Å². The van der Waals surface area contributed by atoms with Crippen LogP contribution in [0.25, 0.3) is 0 Å². The van der Waals surface area contributed by atoms with E-state index in [1.165, 1.54) is 18.2 Å². The largest absolute Gasteiger partial charge is 0.507 e. The van der Waals surface area contributed by atoms with Crippen molar-refractivity contribution in [2.24, 2.45) is 0 Å². The van der Waals surface area contributed by atoms with Crippen LogP contribution in [0.3, 0.4) is 0 Å². The summed E-state index contributed by atoms with van der Waals surface area (Å²) in [6.07, 6.45) is 0.320. The molecule has 0 saturated heterocycles. The van der Waals surface area contributed by atoms with E-state index in [0.717, 1.165) is 0 Å². The van der Waals surface area contributed by atoms with E-state index in [4.69, 9.17) is 4.74 Å². The number of aromatic hydroxyl groups is 1. The number of alkyl halides is 1. The van der Waals surface area contributed by atoms with Crippen molar-refractivity contribution in [1.82, 2.24) is 0 Å². The first-order valence-corrected chi connectivity index (χ1v) is 6.24. The molecule has 0 spiro atoms. The number of hydrogen-bond donors (Lipinski definition) is 1. The first-order chi connectivity index (χ1) is 7.58. The summed E-state index contributed by atoms with van der Waals surface area (Å²) in [6.45, 7) is 1.71. The van der Waals surface area contributed by atoms with Gasteiger partial charge in [0.1, 0.15) is 11.5 Å². The number of ketones is 1. The van der Waals surface area contributed by atoms with Crippen LogP contribution in [0.5, 0.6) is 11.5 Å². The van der Waals surface area contributed by atoms with Gasteiger partial charge in [0.25, 0.3) is 0 Å². The second kappa shape index (κ2) is 5.83. The van der Waals surface area contributed by atoms with Crippen molar-refractivity contribution in [2.75, 3.05) is 4.43 Å². The standard InChI is InChI=1S/C11H11IO4/c1-2-9(13)8-4-3-7(5-10(8)14)16-11(15)6-12/h3-5,14H,2,6H2,1H3. The van der Waals surface area contributed by atoms with Crippen molar-refractivity contribution < 1.29 is 19.4 Å². The number of carbonyl (C=O) groups excluding carboxylic acids is 2. The third kappa shape index (κ3) is 3.19. The SMILES string of the molecule is CCC(=O)c1ccc(OC(=O)CI)cc1O. The number of halogens is 1. The predicted molar refractivity (Wildman–Crippen MR) is 67.3 cm³/mol. The van der Waals surface area contributed by atoms with Gasteiger partial charge in [-0.2, -0.15) is 0 Å². The molecule has 0 aliphatic rings. The zero-order valence-corrected chi connectivity index (χ0v) is 10.9. The zero-order valence-electron chi connectivity index (χ0n) is 8.70. The average Bonchev–Trinajstić information content (AvgIpc) is 2.28. The van der Waals surface area contributed by atoms with Gasteiger partial charge in [-0.05, 0) is 12.1 Å². The third-order valence-corrected chi connectivity index (χ3v) is 2.55. The number of benzene rings is 1. The Hall–Kier alpha value is -1.11. The molecule has 0 bridgehead atoms. The molecule has 0 atom stereocenters. The Bertz CT molecular complexity index is 414. The van der Waals surface area contributed by atoms with Gasteiger partial charge >= 0.3 is 5.97 Å². The smallest absolute Gasteiger partial charge is 0.321 e. The normalized spacial score (nSPS) is 9.88. The molecule has 5 heteroatoms. The van der Waals surface area contributed by atoms with Gasteiger partial charge in [0.15, 0.2) is 5.78 Å². The van der Waals surface area contributed by atoms with Gasteiger partial charge in [0.05, 0.1) is 9.99 Å². The number of rotatable bonds is 4. The highest BCUT2D eigenvalue weighted by molar-refractivity contribution is 14.1. The quantitative estimate of drug-likeness (QED) is 0.302. The van der Waals surface area contributed by atoms with E-state index >= 15 is 0 Å². The number of phenols is 1. The molecular formula is C11H11IO4. The maximum absolute atomic E-state index is 11.4. The van der Waals surface area contributed by atoms with Crippen molar-refractivity contribution in [3.05, 3.63) is 23.8 Å². The Balaban J connectivity index is 2.91. The van der Waals surface area contributed by atoms with Crippen LogP contribution in [0.2, 0.25) is 0 Å². The number of ether oxygens (including phenoxy) is 1. The summed E-state index contributed by atoms with van der Waals surface area (Å²) in [5.41, 5.74) is 0.247. The van der Waals surface area contributed by atoms with Crippen molar-refractivity contribution in [1.29, 1.82) is 0 Å². The maximum atomic E-state index is 11.4. The molecule has 86 valence electrons. The highest BCUT2D eigenvalue weighted by Crippen LogP contribution is 2.24. The Morgan fingerprint density at radius 1 is 1.44 bits per heavy atom. The van der Waals surface area contributed by atoms with Crippen molar-refractivity contribution in [3.8, 4) is 11.5 Å². The van der Waals surface area contributed by atoms with E-state index in [2.05, 4.69) is 0 Å². The molecular weight excluding hydrogens is 323 g/mol. The fourth-order valence-electron chi connectivity index (χ4n) is 1.16. The van der Waals surface area contributed by atoms with E-state index in [9.17, 15) is 14.7 Å². The second-order valence-corrected chi connectivity index (χ2v) is 3.83. The van der Waals surface area contributed by atoms with Crippen LogP contribution in [-0.4, -0.2) is 21.3 Å². The van der Waals surface area contributed by atoms with E-state index in [-0.39, 0.29) is 27.3 Å². The monoisotopic (exact) mass is 334 g/mol. The molecule has 0 aliphatic carbocycles. The average molecular weight is 334 g/mol. The number of phenolic OH excluding ortho intramolecular Hbond substituents is 1. The van der Waals surface area contributed by atoms with Crippen LogP contribution in [0.4, 0.5) is 0 Å². The molecule has 0 unspecified atom stereocenters. The van der Waals surface area contributed by atoms with Crippen LogP contribution < -0.4 is 4.74 Å². The van der Waals surface area contributed by atoms with E-state index in [0.29, 0.717) is 6.42 Å². The molecule has 1 aromatic rings. The van der Waals surface area contributed by atoms with Gasteiger partial charge in [-0.15, -0.1) is 0 Å². The maximum Gasteiger partial charge on any atom is 0.321 e. The Morgan fingerprint density at radius 2 is 2.12 bits per heavy atom. The molecule has 16 heavy (non-hydrogen) atoms. The molecule has 1 rings (SSSR count). The molecule has 0 saturated carbocycles. The lowest BCUT2D eigenvalue weighted by Crippen LogP contribution is -2.08. The second-order valence-electron chi connectivity index (χ2n) is 3.06. The Morgan fingerprint density at radius 3 is 2.62 bits per heavy atom. The summed E-state index contributed by atoms with van der Waals surface area (Å²) in [7, 11) is 0. The van der Waals surface area contributed by atoms with Crippen LogP contribution in [0, 0.1) is 0 Å².